The lowest BCUT2D eigenvalue weighted by Crippen LogP contribution is -2.56. The Kier molecular flexibility index (Phi) is 11.3. The number of hydrogen-bond donors (Lipinski definition) is 2. The second-order valence-corrected chi connectivity index (χ2v) is 12.5. The number of hydrogen-bond acceptors (Lipinski definition) is 7. The molecule has 1 spiro atoms. The van der Waals surface area contributed by atoms with Crippen LogP contribution in [0.2, 0.25) is 0 Å². The third-order valence-electron chi connectivity index (χ3n) is 9.50. The average Bonchev–Trinajstić information content (AvgIpc) is 3.73. The number of carbonyl (C=O) groups is 4. The minimum atomic E-state index is -1.16. The molecule has 0 aliphatic carbocycles. The molecule has 3 saturated heterocycles. The van der Waals surface area contributed by atoms with E-state index in [-0.39, 0.29) is 50.4 Å². The van der Waals surface area contributed by atoms with Gasteiger partial charge in [-0.25, -0.2) is 0 Å². The van der Waals surface area contributed by atoms with Gasteiger partial charge >= 0.3 is 5.97 Å². The third-order valence-corrected chi connectivity index (χ3v) is 9.50. The van der Waals surface area contributed by atoms with Crippen molar-refractivity contribution in [3.8, 4) is 0 Å². The van der Waals surface area contributed by atoms with Crippen LogP contribution in [0.15, 0.2) is 86.0 Å². The first-order valence-electron chi connectivity index (χ1n) is 16.5. The fraction of sp³-hybridized carbons (Fsp3) is 0.459. The number of nitrogens with zero attached hydrogens (tertiary/aromatic N) is 2. The number of likely N-dealkylation sites (tertiary alicyclic amines) is 1. The number of esters is 1. The second-order valence-electron chi connectivity index (χ2n) is 12.5. The van der Waals surface area contributed by atoms with E-state index in [2.05, 4.69) is 18.5 Å². The Balaban J connectivity index is 1.42. The highest BCUT2D eigenvalue weighted by atomic mass is 16.5. The molecule has 0 aromatic heterocycles. The van der Waals surface area contributed by atoms with Gasteiger partial charge in [0.2, 0.25) is 17.7 Å². The molecule has 2 aromatic carbocycles. The van der Waals surface area contributed by atoms with Crippen molar-refractivity contribution in [2.75, 3.05) is 26.3 Å². The van der Waals surface area contributed by atoms with Crippen molar-refractivity contribution < 1.29 is 33.8 Å². The van der Waals surface area contributed by atoms with E-state index in [9.17, 15) is 24.3 Å². The van der Waals surface area contributed by atoms with Gasteiger partial charge in [0.1, 0.15) is 18.2 Å². The van der Waals surface area contributed by atoms with Crippen molar-refractivity contribution in [1.82, 2.24) is 15.1 Å². The summed E-state index contributed by atoms with van der Waals surface area (Å²) in [6.45, 7) is 8.27. The van der Waals surface area contributed by atoms with E-state index in [0.717, 1.165) is 11.1 Å². The Bertz CT molecular complexity index is 1430. The number of nitrogens with one attached hydrogen (secondary N) is 1. The monoisotopic (exact) mass is 643 g/mol. The second kappa shape index (κ2) is 15.5. The van der Waals surface area contributed by atoms with E-state index >= 15 is 0 Å². The maximum Gasteiger partial charge on any atom is 0.306 e. The van der Waals surface area contributed by atoms with Gasteiger partial charge in [-0.05, 0) is 43.2 Å². The molecule has 5 rings (SSSR count). The normalized spacial score (nSPS) is 24.8. The molecular formula is C37H45N3O7. The summed E-state index contributed by atoms with van der Waals surface area (Å²) in [5.41, 5.74) is 0.544. The fourth-order valence-electron chi connectivity index (χ4n) is 7.38. The summed E-state index contributed by atoms with van der Waals surface area (Å²) in [5, 5.41) is 12.5. The summed E-state index contributed by atoms with van der Waals surface area (Å²) in [4.78, 5) is 58.6. The van der Waals surface area contributed by atoms with Crippen LogP contribution >= 0.6 is 0 Å². The summed E-state index contributed by atoms with van der Waals surface area (Å²) >= 11 is 0. The molecule has 3 amide bonds. The molecule has 2 N–H and O–H groups in total. The maximum atomic E-state index is 14.5. The van der Waals surface area contributed by atoms with Crippen LogP contribution in [-0.4, -0.2) is 82.6 Å². The molecule has 47 heavy (non-hydrogen) atoms. The van der Waals surface area contributed by atoms with Gasteiger partial charge in [-0.1, -0.05) is 72.8 Å². The van der Waals surface area contributed by atoms with E-state index in [1.54, 1.807) is 22.0 Å². The number of unbranched alkanes of at least 4 members (excludes halogenated alkanes) is 1. The largest absolute Gasteiger partial charge is 0.463 e. The van der Waals surface area contributed by atoms with E-state index in [1.165, 1.54) is 0 Å². The van der Waals surface area contributed by atoms with Crippen LogP contribution in [0.3, 0.4) is 0 Å². The smallest absolute Gasteiger partial charge is 0.306 e. The number of fused-ring (bicyclic) bond motifs is 1. The molecule has 10 heteroatoms. The molecule has 3 aliphatic rings. The minimum absolute atomic E-state index is 0.0333. The van der Waals surface area contributed by atoms with E-state index in [4.69, 9.17) is 9.47 Å². The number of ether oxygens (including phenoxy) is 2. The van der Waals surface area contributed by atoms with Gasteiger partial charge in [-0.15, -0.1) is 13.2 Å². The summed E-state index contributed by atoms with van der Waals surface area (Å²) in [7, 11) is 0. The third kappa shape index (κ3) is 7.18. The van der Waals surface area contributed by atoms with Gasteiger partial charge < -0.3 is 29.7 Å². The van der Waals surface area contributed by atoms with Gasteiger partial charge in [-0.2, -0.15) is 0 Å². The van der Waals surface area contributed by atoms with E-state index in [0.29, 0.717) is 38.6 Å². The van der Waals surface area contributed by atoms with Crippen LogP contribution in [0.25, 0.3) is 0 Å². The minimum Gasteiger partial charge on any atom is -0.463 e. The average molecular weight is 644 g/mol. The molecule has 2 bridgehead atoms. The first-order chi connectivity index (χ1) is 22.8. The van der Waals surface area contributed by atoms with Crippen LogP contribution in [0.5, 0.6) is 0 Å². The molecule has 250 valence electrons. The molecular weight excluding hydrogens is 598 g/mol. The zero-order valence-electron chi connectivity index (χ0n) is 26.8. The standard InChI is InChI=1S/C37H45N3O7/c1-3-5-18-30(42)46-25-28(27-16-10-7-11-17-27)38-34(43)31-29-19-20-37(47-29)32(31)35(44)40(22-12-13-23-41)33(37)36(45)39(21-4-2)24-26-14-8-6-9-15-26/h3-4,6-11,14-17,28-29,31-33,41H,1-2,5,12-13,18-25H2,(H,38,43)/t28-,29-,31+,32+,33-,37+/m0/s1. The van der Waals surface area contributed by atoms with Crippen LogP contribution in [0, 0.1) is 11.8 Å². The van der Waals surface area contributed by atoms with Gasteiger partial charge in [0.05, 0.1) is 24.0 Å². The van der Waals surface area contributed by atoms with Crippen LogP contribution < -0.4 is 5.32 Å². The highest BCUT2D eigenvalue weighted by molar-refractivity contribution is 5.99. The highest BCUT2D eigenvalue weighted by Gasteiger charge is 2.74. The Hall–Kier alpha value is -4.28. The fourth-order valence-corrected chi connectivity index (χ4v) is 7.38. The number of aliphatic hydroxyl groups is 1. The summed E-state index contributed by atoms with van der Waals surface area (Å²) in [6.07, 6.45) is 5.42. The Labute approximate surface area is 276 Å². The quantitative estimate of drug-likeness (QED) is 0.153. The molecule has 0 unspecified atom stereocenters. The van der Waals surface area contributed by atoms with Crippen molar-refractivity contribution in [3.63, 3.8) is 0 Å². The molecule has 10 nitrogen and oxygen atoms in total. The molecule has 2 aromatic rings. The van der Waals surface area contributed by atoms with Crippen LogP contribution in [-0.2, 0) is 35.2 Å². The number of carbonyl (C=O) groups excluding carboxylic acids is 4. The first kappa shape index (κ1) is 34.1. The predicted octanol–water partition coefficient (Wildman–Crippen LogP) is 3.72. The van der Waals surface area contributed by atoms with Gasteiger partial charge in [0, 0.05) is 32.7 Å². The SMILES string of the molecule is C=CCCC(=O)OC[C@H](NC(=O)[C@@H]1[C@@H]2CC[C@]3(O2)[C@H](C(=O)N(CC=C)Cc2ccccc2)N(CCCCO)C(=O)[C@@H]13)c1ccccc1. The van der Waals surface area contributed by atoms with Gasteiger partial charge in [-0.3, -0.25) is 19.2 Å². The summed E-state index contributed by atoms with van der Waals surface area (Å²) in [5.74, 6) is -2.97. The van der Waals surface area contributed by atoms with Crippen LogP contribution in [0.1, 0.15) is 55.7 Å². The van der Waals surface area contributed by atoms with Gasteiger partial charge in [0.25, 0.3) is 0 Å². The Morgan fingerprint density at radius 2 is 1.81 bits per heavy atom. The number of amides is 3. The lowest BCUT2D eigenvalue weighted by Gasteiger charge is -2.37. The predicted molar refractivity (Wildman–Crippen MR) is 175 cm³/mol. The summed E-state index contributed by atoms with van der Waals surface area (Å²) < 4.78 is 12.2. The maximum absolute atomic E-state index is 14.5. The number of allylic oxidation sites excluding steroid dienone is 1. The highest BCUT2D eigenvalue weighted by Crippen LogP contribution is 2.58. The molecule has 0 saturated carbocycles. The lowest BCUT2D eigenvalue weighted by atomic mass is 9.70. The van der Waals surface area contributed by atoms with Crippen molar-refractivity contribution in [2.24, 2.45) is 11.8 Å². The van der Waals surface area contributed by atoms with Crippen LogP contribution in [0.4, 0.5) is 0 Å². The lowest BCUT2D eigenvalue weighted by molar-refractivity contribution is -0.148. The zero-order valence-corrected chi connectivity index (χ0v) is 26.8. The Morgan fingerprint density at radius 3 is 2.49 bits per heavy atom. The van der Waals surface area contributed by atoms with Gasteiger partial charge in [0.15, 0.2) is 0 Å². The molecule has 0 radical (unpaired) electrons. The first-order valence-corrected chi connectivity index (χ1v) is 16.5. The number of aliphatic hydroxyl groups excluding tert-OH is 1. The van der Waals surface area contributed by atoms with Crippen molar-refractivity contribution >= 4 is 23.7 Å². The summed E-state index contributed by atoms with van der Waals surface area (Å²) in [6, 6.07) is 17.3. The van der Waals surface area contributed by atoms with Crippen molar-refractivity contribution in [3.05, 3.63) is 97.1 Å². The van der Waals surface area contributed by atoms with E-state index in [1.807, 2.05) is 60.7 Å². The molecule has 3 aliphatic heterocycles. The zero-order chi connectivity index (χ0) is 33.4. The molecule has 3 heterocycles. The Morgan fingerprint density at radius 1 is 1.09 bits per heavy atom. The van der Waals surface area contributed by atoms with Crippen molar-refractivity contribution in [2.45, 2.75) is 68.9 Å². The van der Waals surface area contributed by atoms with E-state index < -0.39 is 41.6 Å². The molecule has 3 fully saturated rings. The molecule has 6 atom stereocenters. The topological polar surface area (TPSA) is 125 Å². The van der Waals surface area contributed by atoms with Crippen molar-refractivity contribution in [1.29, 1.82) is 0 Å². The number of rotatable bonds is 17. The number of benzene rings is 2.